The molecule has 0 saturated heterocycles. The fraction of sp³-hybridized carbons (Fsp3) is 0.188. The Morgan fingerprint density at radius 3 is 2.26 bits per heavy atom. The molecule has 0 fully saturated rings. The van der Waals surface area contributed by atoms with Crippen molar-refractivity contribution in [3.05, 3.63) is 58.5 Å². The van der Waals surface area contributed by atoms with E-state index in [0.29, 0.717) is 5.56 Å². The van der Waals surface area contributed by atoms with Gasteiger partial charge in [0.25, 0.3) is 5.56 Å². The lowest BCUT2D eigenvalue weighted by molar-refractivity contribution is 1.02. The van der Waals surface area contributed by atoms with Crippen molar-refractivity contribution >= 4 is 12.2 Å². The van der Waals surface area contributed by atoms with Gasteiger partial charge in [0.15, 0.2) is 0 Å². The Morgan fingerprint density at radius 1 is 1.11 bits per heavy atom. The first-order chi connectivity index (χ1) is 9.19. The Kier molecular flexibility index (Phi) is 5.12. The molecule has 19 heavy (non-hydrogen) atoms. The molecule has 2 rings (SSSR count). The van der Waals surface area contributed by atoms with Crippen LogP contribution < -0.4 is 5.56 Å². The largest absolute Gasteiger partial charge is 0.302 e. The lowest BCUT2D eigenvalue weighted by Crippen LogP contribution is -2.03. The fourth-order valence-corrected chi connectivity index (χ4v) is 1.98. The number of aromatic amines is 2. The molecule has 0 amide bonds. The van der Waals surface area contributed by atoms with Gasteiger partial charge in [-0.3, -0.25) is 9.89 Å². The third-order valence-electron chi connectivity index (χ3n) is 2.80. The molecule has 1 aromatic carbocycles. The second kappa shape index (κ2) is 6.59. The topological polar surface area (TPSA) is 48.6 Å². The van der Waals surface area contributed by atoms with E-state index in [-0.39, 0.29) is 5.56 Å². The van der Waals surface area contributed by atoms with Crippen molar-refractivity contribution in [2.24, 2.45) is 0 Å². The molecule has 100 valence electrons. The highest BCUT2D eigenvalue weighted by atomic mass is 16.1. The molecular weight excluding hydrogens is 236 g/mol. The SMILES string of the molecule is C=Cc1cccc(-c2c(C)[nH][nH]c2=O)c1C=C.CC. The number of aromatic nitrogens is 2. The second-order valence-corrected chi connectivity index (χ2v) is 3.80. The Labute approximate surface area is 113 Å². The third kappa shape index (κ3) is 2.76. The van der Waals surface area contributed by atoms with Gasteiger partial charge in [-0.15, -0.1) is 0 Å². The molecule has 0 aliphatic heterocycles. The quantitative estimate of drug-likeness (QED) is 0.857. The molecular formula is C16H20N2O. The summed E-state index contributed by atoms with van der Waals surface area (Å²) in [6.07, 6.45) is 3.51. The van der Waals surface area contributed by atoms with Gasteiger partial charge in [0, 0.05) is 5.69 Å². The summed E-state index contributed by atoms with van der Waals surface area (Å²) < 4.78 is 0. The lowest BCUT2D eigenvalue weighted by atomic mass is 9.96. The van der Waals surface area contributed by atoms with Crippen molar-refractivity contribution in [3.63, 3.8) is 0 Å². The maximum atomic E-state index is 11.8. The summed E-state index contributed by atoms with van der Waals surface area (Å²) in [4.78, 5) is 11.8. The van der Waals surface area contributed by atoms with Crippen LogP contribution in [0.15, 0.2) is 36.2 Å². The highest BCUT2D eigenvalue weighted by Crippen LogP contribution is 2.27. The van der Waals surface area contributed by atoms with E-state index >= 15 is 0 Å². The zero-order valence-corrected chi connectivity index (χ0v) is 11.7. The van der Waals surface area contributed by atoms with E-state index in [4.69, 9.17) is 0 Å². The zero-order chi connectivity index (χ0) is 14.4. The minimum Gasteiger partial charge on any atom is -0.302 e. The number of aryl methyl sites for hydroxylation is 1. The van der Waals surface area contributed by atoms with Crippen molar-refractivity contribution in [2.45, 2.75) is 20.8 Å². The number of hydrogen-bond donors (Lipinski definition) is 2. The van der Waals surface area contributed by atoms with Crippen molar-refractivity contribution < 1.29 is 0 Å². The van der Waals surface area contributed by atoms with Crippen LogP contribution in [0.3, 0.4) is 0 Å². The van der Waals surface area contributed by atoms with Crippen molar-refractivity contribution in [1.82, 2.24) is 10.2 Å². The minimum absolute atomic E-state index is 0.119. The molecule has 0 aliphatic carbocycles. The number of benzene rings is 1. The molecule has 0 bridgehead atoms. The minimum atomic E-state index is -0.119. The number of nitrogens with one attached hydrogen (secondary N) is 2. The van der Waals surface area contributed by atoms with Crippen LogP contribution in [-0.2, 0) is 0 Å². The summed E-state index contributed by atoms with van der Waals surface area (Å²) in [5.41, 5.74) is 4.13. The van der Waals surface area contributed by atoms with Crippen LogP contribution >= 0.6 is 0 Å². The fourth-order valence-electron chi connectivity index (χ4n) is 1.98. The Bertz CT molecular complexity index is 632. The van der Waals surface area contributed by atoms with Crippen molar-refractivity contribution in [3.8, 4) is 11.1 Å². The average molecular weight is 256 g/mol. The molecule has 0 saturated carbocycles. The number of rotatable bonds is 3. The molecule has 0 radical (unpaired) electrons. The summed E-state index contributed by atoms with van der Waals surface area (Å²) in [6, 6.07) is 5.77. The zero-order valence-electron chi connectivity index (χ0n) is 11.7. The van der Waals surface area contributed by atoms with Gasteiger partial charge in [0.05, 0.1) is 5.56 Å². The van der Waals surface area contributed by atoms with Crippen LogP contribution in [0.1, 0.15) is 30.7 Å². The number of hydrogen-bond acceptors (Lipinski definition) is 1. The number of H-pyrrole nitrogens is 2. The molecule has 2 N–H and O–H groups in total. The smallest absolute Gasteiger partial charge is 0.272 e. The lowest BCUT2D eigenvalue weighted by Gasteiger charge is -2.07. The summed E-state index contributed by atoms with van der Waals surface area (Å²) in [5, 5.41) is 5.41. The summed E-state index contributed by atoms with van der Waals surface area (Å²) >= 11 is 0. The van der Waals surface area contributed by atoms with Gasteiger partial charge in [0.2, 0.25) is 0 Å². The normalized spacial score (nSPS) is 9.42. The Morgan fingerprint density at radius 2 is 1.79 bits per heavy atom. The van der Waals surface area contributed by atoms with Crippen LogP contribution in [0.25, 0.3) is 23.3 Å². The predicted octanol–water partition coefficient (Wildman–Crippen LogP) is 3.99. The van der Waals surface area contributed by atoms with Gasteiger partial charge >= 0.3 is 0 Å². The average Bonchev–Trinajstić information content (AvgIpc) is 2.79. The summed E-state index contributed by atoms with van der Waals surface area (Å²) in [6.45, 7) is 13.4. The molecule has 0 atom stereocenters. The molecule has 0 unspecified atom stereocenters. The first-order valence-corrected chi connectivity index (χ1v) is 6.34. The summed E-state index contributed by atoms with van der Waals surface area (Å²) in [7, 11) is 0. The van der Waals surface area contributed by atoms with E-state index in [1.807, 2.05) is 39.0 Å². The van der Waals surface area contributed by atoms with Gasteiger partial charge in [-0.05, 0) is 23.6 Å². The second-order valence-electron chi connectivity index (χ2n) is 3.80. The van der Waals surface area contributed by atoms with Gasteiger partial charge in [-0.1, -0.05) is 57.4 Å². The summed E-state index contributed by atoms with van der Waals surface area (Å²) in [5.74, 6) is 0. The molecule has 2 aromatic rings. The standard InChI is InChI=1S/C14H14N2O.C2H6/c1-4-10-7-6-8-12(11(10)5-2)13-9(3)15-16-14(13)17;1-2/h4-8H,1-2H2,3H3,(H2,15,16,17);1-2H3. The highest BCUT2D eigenvalue weighted by molar-refractivity contribution is 5.80. The van der Waals surface area contributed by atoms with E-state index in [0.717, 1.165) is 22.4 Å². The monoisotopic (exact) mass is 256 g/mol. The van der Waals surface area contributed by atoms with E-state index < -0.39 is 0 Å². The Hall–Kier alpha value is -2.29. The maximum Gasteiger partial charge on any atom is 0.272 e. The van der Waals surface area contributed by atoms with E-state index in [1.54, 1.807) is 12.2 Å². The Balaban J connectivity index is 0.000000861. The highest BCUT2D eigenvalue weighted by Gasteiger charge is 2.12. The van der Waals surface area contributed by atoms with Gasteiger partial charge in [-0.25, -0.2) is 0 Å². The van der Waals surface area contributed by atoms with E-state index in [2.05, 4.69) is 23.4 Å². The third-order valence-corrected chi connectivity index (χ3v) is 2.80. The van der Waals surface area contributed by atoms with Gasteiger partial charge in [0.1, 0.15) is 0 Å². The van der Waals surface area contributed by atoms with Crippen molar-refractivity contribution in [1.29, 1.82) is 0 Å². The van der Waals surface area contributed by atoms with Crippen molar-refractivity contribution in [2.75, 3.05) is 0 Å². The molecule has 0 aliphatic rings. The molecule has 3 nitrogen and oxygen atoms in total. The predicted molar refractivity (Wildman–Crippen MR) is 83.1 cm³/mol. The van der Waals surface area contributed by atoms with Crippen LogP contribution in [0.2, 0.25) is 0 Å². The van der Waals surface area contributed by atoms with Gasteiger partial charge in [-0.2, -0.15) is 0 Å². The molecule has 3 heteroatoms. The van der Waals surface area contributed by atoms with Crippen LogP contribution in [0, 0.1) is 6.92 Å². The maximum absolute atomic E-state index is 11.8. The van der Waals surface area contributed by atoms with Crippen LogP contribution in [0.5, 0.6) is 0 Å². The molecule has 0 spiro atoms. The van der Waals surface area contributed by atoms with E-state index in [1.165, 1.54) is 0 Å². The first-order valence-electron chi connectivity index (χ1n) is 6.34. The van der Waals surface area contributed by atoms with Gasteiger partial charge < -0.3 is 5.10 Å². The molecule has 1 heterocycles. The first kappa shape index (κ1) is 14.8. The van der Waals surface area contributed by atoms with Crippen LogP contribution in [0.4, 0.5) is 0 Å². The molecule has 1 aromatic heterocycles. The van der Waals surface area contributed by atoms with E-state index in [9.17, 15) is 4.79 Å². The van der Waals surface area contributed by atoms with Crippen LogP contribution in [-0.4, -0.2) is 10.2 Å².